The predicted molar refractivity (Wildman–Crippen MR) is 113 cm³/mol. The van der Waals surface area contributed by atoms with E-state index in [1.807, 2.05) is 29.2 Å². The van der Waals surface area contributed by atoms with E-state index in [0.29, 0.717) is 44.8 Å². The fourth-order valence-electron chi connectivity index (χ4n) is 4.69. The lowest BCUT2D eigenvalue weighted by atomic mass is 9.88. The summed E-state index contributed by atoms with van der Waals surface area (Å²) in [6, 6.07) is 11.5. The monoisotopic (exact) mass is 430 g/mol. The highest BCUT2D eigenvalue weighted by Gasteiger charge is 2.41. The van der Waals surface area contributed by atoms with E-state index < -0.39 is 11.6 Å². The van der Waals surface area contributed by atoms with Gasteiger partial charge in [-0.3, -0.25) is 4.79 Å². The average Bonchev–Trinajstić information content (AvgIpc) is 3.21. The third kappa shape index (κ3) is 5.22. The molecule has 0 unspecified atom stereocenters. The molecule has 1 heterocycles. The highest BCUT2D eigenvalue weighted by atomic mass is 19.1. The van der Waals surface area contributed by atoms with E-state index in [1.165, 1.54) is 12.1 Å². The van der Waals surface area contributed by atoms with Crippen molar-refractivity contribution in [2.45, 2.75) is 31.3 Å². The molecule has 1 saturated carbocycles. The SMILES string of the molecule is COc1ccc([C@H]2C[C@H](NCc3cc(F)cc(F)c3)C[C@@H]2C(=O)N2CCOCC2)cc1. The standard InChI is InChI=1S/C24H28F2N2O3/c1-30-21-4-2-17(3-5-21)22-13-20(27-15-16-10-18(25)12-19(26)11-16)14-23(22)24(29)28-6-8-31-9-7-28/h2-5,10-12,20,22-23,27H,6-9,13-15H2,1H3/t20-,22+,23-/m0/s1. The Bertz CT molecular complexity index is 880. The molecule has 1 saturated heterocycles. The molecule has 2 aromatic carbocycles. The quantitative estimate of drug-likeness (QED) is 0.763. The third-order valence-electron chi connectivity index (χ3n) is 6.26. The zero-order valence-corrected chi connectivity index (χ0v) is 17.7. The Balaban J connectivity index is 1.49. The number of nitrogens with one attached hydrogen (secondary N) is 1. The lowest BCUT2D eigenvalue weighted by Crippen LogP contribution is -2.44. The van der Waals surface area contributed by atoms with Crippen LogP contribution in [0.3, 0.4) is 0 Å². The molecule has 1 aliphatic carbocycles. The molecule has 4 rings (SSSR count). The summed E-state index contributed by atoms with van der Waals surface area (Å²) in [5.74, 6) is -0.304. The molecular weight excluding hydrogens is 402 g/mol. The van der Waals surface area contributed by atoms with E-state index in [2.05, 4.69) is 5.32 Å². The number of carbonyl (C=O) groups is 1. The van der Waals surface area contributed by atoms with Gasteiger partial charge in [0.1, 0.15) is 17.4 Å². The van der Waals surface area contributed by atoms with Gasteiger partial charge in [-0.05, 0) is 54.2 Å². The van der Waals surface area contributed by atoms with Gasteiger partial charge in [-0.25, -0.2) is 8.78 Å². The maximum Gasteiger partial charge on any atom is 0.226 e. The lowest BCUT2D eigenvalue weighted by Gasteiger charge is -2.31. The van der Waals surface area contributed by atoms with Crippen molar-refractivity contribution in [3.8, 4) is 5.75 Å². The van der Waals surface area contributed by atoms with Gasteiger partial charge in [0.25, 0.3) is 0 Å². The van der Waals surface area contributed by atoms with Crippen LogP contribution in [0.15, 0.2) is 42.5 Å². The number of nitrogens with zero attached hydrogens (tertiary/aromatic N) is 1. The fourth-order valence-corrected chi connectivity index (χ4v) is 4.69. The van der Waals surface area contributed by atoms with Gasteiger partial charge in [-0.2, -0.15) is 0 Å². The Hall–Kier alpha value is -2.51. The Morgan fingerprint density at radius 3 is 2.42 bits per heavy atom. The normalized spacial score (nSPS) is 23.7. The molecule has 1 N–H and O–H groups in total. The van der Waals surface area contributed by atoms with Gasteiger partial charge in [-0.15, -0.1) is 0 Å². The molecule has 7 heteroatoms. The Morgan fingerprint density at radius 2 is 1.77 bits per heavy atom. The minimum atomic E-state index is -0.584. The van der Waals surface area contributed by atoms with Crippen LogP contribution >= 0.6 is 0 Å². The Morgan fingerprint density at radius 1 is 1.10 bits per heavy atom. The lowest BCUT2D eigenvalue weighted by molar-refractivity contribution is -0.140. The molecule has 31 heavy (non-hydrogen) atoms. The first-order valence-electron chi connectivity index (χ1n) is 10.7. The molecule has 0 bridgehead atoms. The van der Waals surface area contributed by atoms with Crippen LogP contribution in [0.2, 0.25) is 0 Å². The van der Waals surface area contributed by atoms with Gasteiger partial charge in [0, 0.05) is 37.7 Å². The summed E-state index contributed by atoms with van der Waals surface area (Å²) < 4.78 is 37.7. The van der Waals surface area contributed by atoms with Crippen LogP contribution in [0.5, 0.6) is 5.75 Å². The van der Waals surface area contributed by atoms with E-state index in [4.69, 9.17) is 9.47 Å². The highest BCUT2D eigenvalue weighted by molar-refractivity contribution is 5.80. The van der Waals surface area contributed by atoms with Gasteiger partial charge >= 0.3 is 0 Å². The molecule has 0 radical (unpaired) electrons. The molecular formula is C24H28F2N2O3. The zero-order chi connectivity index (χ0) is 21.8. The molecule has 1 aliphatic heterocycles. The summed E-state index contributed by atoms with van der Waals surface area (Å²) >= 11 is 0. The number of halogens is 2. The molecule has 3 atom stereocenters. The number of benzene rings is 2. The van der Waals surface area contributed by atoms with Crippen LogP contribution in [-0.4, -0.2) is 50.3 Å². The van der Waals surface area contributed by atoms with Crippen molar-refractivity contribution in [1.82, 2.24) is 10.2 Å². The number of amides is 1. The van der Waals surface area contributed by atoms with E-state index in [1.54, 1.807) is 7.11 Å². The fraction of sp³-hybridized carbons (Fsp3) is 0.458. The van der Waals surface area contributed by atoms with E-state index in [0.717, 1.165) is 23.8 Å². The largest absolute Gasteiger partial charge is 0.497 e. The van der Waals surface area contributed by atoms with Crippen molar-refractivity contribution in [2.24, 2.45) is 5.92 Å². The van der Waals surface area contributed by atoms with Crippen LogP contribution < -0.4 is 10.1 Å². The van der Waals surface area contributed by atoms with Gasteiger partial charge in [-0.1, -0.05) is 12.1 Å². The number of morpholine rings is 1. The average molecular weight is 430 g/mol. The number of ether oxygens (including phenoxy) is 2. The van der Waals surface area contributed by atoms with Crippen molar-refractivity contribution < 1.29 is 23.0 Å². The van der Waals surface area contributed by atoms with Crippen molar-refractivity contribution in [1.29, 1.82) is 0 Å². The summed E-state index contributed by atoms with van der Waals surface area (Å²) in [6.45, 7) is 2.72. The summed E-state index contributed by atoms with van der Waals surface area (Å²) in [5, 5.41) is 3.41. The van der Waals surface area contributed by atoms with Crippen molar-refractivity contribution in [3.05, 3.63) is 65.2 Å². The summed E-state index contributed by atoms with van der Waals surface area (Å²) in [5.41, 5.74) is 1.66. The van der Waals surface area contributed by atoms with Crippen molar-refractivity contribution in [2.75, 3.05) is 33.4 Å². The smallest absolute Gasteiger partial charge is 0.226 e. The maximum absolute atomic E-state index is 13.5. The summed E-state index contributed by atoms with van der Waals surface area (Å²) in [4.78, 5) is 15.2. The number of methoxy groups -OCH3 is 1. The Kier molecular flexibility index (Phi) is 6.83. The number of hydrogen-bond donors (Lipinski definition) is 1. The summed E-state index contributed by atoms with van der Waals surface area (Å²) in [6.07, 6.45) is 1.47. The molecule has 166 valence electrons. The minimum Gasteiger partial charge on any atom is -0.497 e. The molecule has 2 aromatic rings. The summed E-state index contributed by atoms with van der Waals surface area (Å²) in [7, 11) is 1.63. The van der Waals surface area contributed by atoms with Crippen LogP contribution in [0.4, 0.5) is 8.78 Å². The first kappa shape index (κ1) is 21.7. The van der Waals surface area contributed by atoms with Gasteiger partial charge < -0.3 is 19.7 Å². The predicted octanol–water partition coefficient (Wildman–Crippen LogP) is 3.48. The first-order chi connectivity index (χ1) is 15.0. The molecule has 1 amide bonds. The third-order valence-corrected chi connectivity index (χ3v) is 6.26. The molecule has 0 aromatic heterocycles. The second-order valence-electron chi connectivity index (χ2n) is 8.25. The van der Waals surface area contributed by atoms with Gasteiger partial charge in [0.05, 0.1) is 20.3 Å². The number of hydrogen-bond acceptors (Lipinski definition) is 4. The number of carbonyl (C=O) groups excluding carboxylic acids is 1. The molecule has 2 aliphatic rings. The molecule has 0 spiro atoms. The van der Waals surface area contributed by atoms with Crippen LogP contribution in [0.1, 0.15) is 29.9 Å². The van der Waals surface area contributed by atoms with E-state index in [9.17, 15) is 13.6 Å². The topological polar surface area (TPSA) is 50.8 Å². The molecule has 5 nitrogen and oxygen atoms in total. The van der Waals surface area contributed by atoms with Crippen LogP contribution in [-0.2, 0) is 16.1 Å². The zero-order valence-electron chi connectivity index (χ0n) is 17.7. The number of rotatable bonds is 6. The van der Waals surface area contributed by atoms with E-state index in [-0.39, 0.29) is 23.8 Å². The van der Waals surface area contributed by atoms with Crippen molar-refractivity contribution >= 4 is 5.91 Å². The molecule has 2 fully saturated rings. The van der Waals surface area contributed by atoms with Gasteiger partial charge in [0.15, 0.2) is 0 Å². The Labute approximate surface area is 181 Å². The van der Waals surface area contributed by atoms with Crippen LogP contribution in [0, 0.1) is 17.6 Å². The minimum absolute atomic E-state index is 0.0722. The van der Waals surface area contributed by atoms with Crippen molar-refractivity contribution in [3.63, 3.8) is 0 Å². The highest BCUT2D eigenvalue weighted by Crippen LogP contribution is 2.41. The second kappa shape index (κ2) is 9.75. The van der Waals surface area contributed by atoms with E-state index >= 15 is 0 Å². The second-order valence-corrected chi connectivity index (χ2v) is 8.25. The van der Waals surface area contributed by atoms with Crippen LogP contribution in [0.25, 0.3) is 0 Å². The first-order valence-corrected chi connectivity index (χ1v) is 10.7. The van der Waals surface area contributed by atoms with Gasteiger partial charge in [0.2, 0.25) is 5.91 Å². The maximum atomic E-state index is 13.5.